The van der Waals surface area contributed by atoms with E-state index in [1.807, 2.05) is 0 Å². The van der Waals surface area contributed by atoms with Gasteiger partial charge in [0.15, 0.2) is 6.10 Å². The highest BCUT2D eigenvalue weighted by molar-refractivity contribution is 5.71. The molecule has 0 N–H and O–H groups in total. The van der Waals surface area contributed by atoms with E-state index in [0.717, 1.165) is 77.0 Å². The van der Waals surface area contributed by atoms with Crippen molar-refractivity contribution in [3.63, 3.8) is 0 Å². The molecule has 0 aliphatic rings. The third-order valence-corrected chi connectivity index (χ3v) is 10.5. The Morgan fingerprint density at radius 2 is 0.673 bits per heavy atom. The molecular formula is C49H90O6. The quantitative estimate of drug-likeness (QED) is 0.0266. The first-order valence-electron chi connectivity index (χ1n) is 23.8. The fourth-order valence-electron chi connectivity index (χ4n) is 6.81. The largest absolute Gasteiger partial charge is 0.462 e. The molecule has 0 aliphatic carbocycles. The summed E-state index contributed by atoms with van der Waals surface area (Å²) in [4.78, 5) is 37.8. The summed E-state index contributed by atoms with van der Waals surface area (Å²) in [6, 6.07) is 0. The first-order valence-corrected chi connectivity index (χ1v) is 23.8. The zero-order valence-electron chi connectivity index (χ0n) is 36.7. The normalized spacial score (nSPS) is 12.1. The Morgan fingerprint density at radius 1 is 0.364 bits per heavy atom. The van der Waals surface area contributed by atoms with E-state index in [9.17, 15) is 14.4 Å². The zero-order valence-corrected chi connectivity index (χ0v) is 36.7. The van der Waals surface area contributed by atoms with Gasteiger partial charge in [0.1, 0.15) is 13.2 Å². The second-order valence-corrected chi connectivity index (χ2v) is 16.0. The minimum atomic E-state index is -0.769. The predicted molar refractivity (Wildman–Crippen MR) is 233 cm³/mol. The van der Waals surface area contributed by atoms with Gasteiger partial charge < -0.3 is 14.2 Å². The maximum Gasteiger partial charge on any atom is 0.306 e. The Labute approximate surface area is 341 Å². The Kier molecular flexibility index (Phi) is 42.9. The molecule has 55 heavy (non-hydrogen) atoms. The molecule has 0 aliphatic heterocycles. The number of carbonyl (C=O) groups is 3. The van der Waals surface area contributed by atoms with Crippen LogP contribution in [0.5, 0.6) is 0 Å². The van der Waals surface area contributed by atoms with E-state index in [0.29, 0.717) is 19.3 Å². The molecule has 0 amide bonds. The van der Waals surface area contributed by atoms with Crippen LogP contribution in [0.25, 0.3) is 0 Å². The van der Waals surface area contributed by atoms with Crippen LogP contribution in [0.1, 0.15) is 252 Å². The maximum absolute atomic E-state index is 12.7. The molecule has 322 valence electrons. The first kappa shape index (κ1) is 52.9. The van der Waals surface area contributed by atoms with E-state index in [-0.39, 0.29) is 31.1 Å². The van der Waals surface area contributed by atoms with Crippen LogP contribution in [0.2, 0.25) is 0 Å². The molecule has 0 aromatic heterocycles. The van der Waals surface area contributed by atoms with Gasteiger partial charge in [-0.3, -0.25) is 14.4 Å². The van der Waals surface area contributed by atoms with Crippen molar-refractivity contribution < 1.29 is 28.6 Å². The minimum absolute atomic E-state index is 0.0715. The number of unbranched alkanes of at least 4 members (excludes halogenated alkanes) is 28. The second-order valence-electron chi connectivity index (χ2n) is 16.0. The lowest BCUT2D eigenvalue weighted by Gasteiger charge is -2.18. The van der Waals surface area contributed by atoms with E-state index in [2.05, 4.69) is 45.1 Å². The summed E-state index contributed by atoms with van der Waals surface area (Å²) in [7, 11) is 0. The number of allylic oxidation sites excluding steroid dienone is 4. The summed E-state index contributed by atoms with van der Waals surface area (Å²) >= 11 is 0. The third-order valence-electron chi connectivity index (χ3n) is 10.5. The Balaban J connectivity index is 4.36. The lowest BCUT2D eigenvalue weighted by Crippen LogP contribution is -2.30. The van der Waals surface area contributed by atoms with Crippen molar-refractivity contribution in [2.24, 2.45) is 0 Å². The predicted octanol–water partition coefficient (Wildman–Crippen LogP) is 15.2. The van der Waals surface area contributed by atoms with Crippen LogP contribution in [0.3, 0.4) is 0 Å². The lowest BCUT2D eigenvalue weighted by molar-refractivity contribution is -0.167. The summed E-state index contributed by atoms with van der Waals surface area (Å²) in [6.45, 7) is 6.58. The Morgan fingerprint density at radius 3 is 1.05 bits per heavy atom. The number of rotatable bonds is 43. The smallest absolute Gasteiger partial charge is 0.306 e. The van der Waals surface area contributed by atoms with Crippen LogP contribution >= 0.6 is 0 Å². The molecule has 0 fully saturated rings. The van der Waals surface area contributed by atoms with Crippen molar-refractivity contribution in [3.8, 4) is 0 Å². The highest BCUT2D eigenvalue weighted by Crippen LogP contribution is 2.15. The van der Waals surface area contributed by atoms with E-state index < -0.39 is 6.10 Å². The van der Waals surface area contributed by atoms with Gasteiger partial charge in [0.25, 0.3) is 0 Å². The van der Waals surface area contributed by atoms with E-state index in [4.69, 9.17) is 14.2 Å². The molecule has 0 bridgehead atoms. The lowest BCUT2D eigenvalue weighted by atomic mass is 10.0. The number of ether oxygens (including phenoxy) is 3. The van der Waals surface area contributed by atoms with Gasteiger partial charge in [0, 0.05) is 19.3 Å². The fraction of sp³-hybridized carbons (Fsp3) is 0.857. The summed E-state index contributed by atoms with van der Waals surface area (Å²) in [5.74, 6) is -0.879. The van der Waals surface area contributed by atoms with Crippen molar-refractivity contribution in [3.05, 3.63) is 24.3 Å². The standard InChI is InChI=1S/C49H90O6/c1-4-7-10-13-16-19-22-24-25-28-30-33-36-39-42-48(51)54-45-46(44-53-47(50)41-38-35-32-29-26-21-18-15-12-9-6-3)55-49(52)43-40-37-34-31-27-23-20-17-14-11-8-5-2/h13,16,22,24,46H,4-12,14-15,17-21,23,25-45H2,1-3H3/b16-13-,24-22-. The molecule has 0 rings (SSSR count). The summed E-state index contributed by atoms with van der Waals surface area (Å²) < 4.78 is 16.7. The maximum atomic E-state index is 12.7. The van der Waals surface area contributed by atoms with Crippen LogP contribution in [0.15, 0.2) is 24.3 Å². The van der Waals surface area contributed by atoms with Crippen molar-refractivity contribution in [2.45, 2.75) is 258 Å². The highest BCUT2D eigenvalue weighted by Gasteiger charge is 2.19. The van der Waals surface area contributed by atoms with Gasteiger partial charge in [-0.05, 0) is 44.9 Å². The molecule has 0 saturated heterocycles. The van der Waals surface area contributed by atoms with E-state index in [1.165, 1.54) is 135 Å². The van der Waals surface area contributed by atoms with Crippen LogP contribution in [-0.4, -0.2) is 37.2 Å². The molecule has 0 spiro atoms. The monoisotopic (exact) mass is 775 g/mol. The van der Waals surface area contributed by atoms with Crippen LogP contribution in [0, 0.1) is 0 Å². The summed E-state index contributed by atoms with van der Waals surface area (Å²) in [5, 5.41) is 0. The third kappa shape index (κ3) is 42.9. The number of hydrogen-bond acceptors (Lipinski definition) is 6. The van der Waals surface area contributed by atoms with Gasteiger partial charge in [0.05, 0.1) is 0 Å². The van der Waals surface area contributed by atoms with Crippen molar-refractivity contribution in [1.29, 1.82) is 0 Å². The van der Waals surface area contributed by atoms with Crippen LogP contribution in [-0.2, 0) is 28.6 Å². The van der Waals surface area contributed by atoms with Gasteiger partial charge in [-0.15, -0.1) is 0 Å². The molecule has 0 aromatic rings. The Hall–Kier alpha value is -2.11. The van der Waals surface area contributed by atoms with Gasteiger partial charge in [-0.25, -0.2) is 0 Å². The molecule has 6 nitrogen and oxygen atoms in total. The van der Waals surface area contributed by atoms with Gasteiger partial charge in [-0.2, -0.15) is 0 Å². The average Bonchev–Trinajstić information content (AvgIpc) is 3.18. The first-order chi connectivity index (χ1) is 27.0. The van der Waals surface area contributed by atoms with Crippen LogP contribution < -0.4 is 0 Å². The SMILES string of the molecule is CCCC/C=C\C/C=C\CCCCCCCC(=O)OCC(COC(=O)CCCCCCCCCCCCC)OC(=O)CCCCCCCCCCCCCC. The van der Waals surface area contributed by atoms with Gasteiger partial charge in [-0.1, -0.05) is 212 Å². The number of carbonyl (C=O) groups excluding carboxylic acids is 3. The fourth-order valence-corrected chi connectivity index (χ4v) is 6.81. The average molecular weight is 775 g/mol. The van der Waals surface area contributed by atoms with E-state index >= 15 is 0 Å². The molecule has 0 radical (unpaired) electrons. The second kappa shape index (κ2) is 44.6. The van der Waals surface area contributed by atoms with E-state index in [1.54, 1.807) is 0 Å². The molecule has 6 heteroatoms. The molecule has 0 heterocycles. The summed E-state index contributed by atoms with van der Waals surface area (Å²) in [5.41, 5.74) is 0. The van der Waals surface area contributed by atoms with Crippen molar-refractivity contribution in [2.75, 3.05) is 13.2 Å². The Bertz CT molecular complexity index is 896. The number of esters is 3. The van der Waals surface area contributed by atoms with Gasteiger partial charge in [0.2, 0.25) is 0 Å². The number of hydrogen-bond donors (Lipinski definition) is 0. The molecule has 0 saturated carbocycles. The minimum Gasteiger partial charge on any atom is -0.462 e. The molecule has 1 atom stereocenters. The topological polar surface area (TPSA) is 78.9 Å². The van der Waals surface area contributed by atoms with Crippen molar-refractivity contribution >= 4 is 17.9 Å². The molecule has 1 unspecified atom stereocenters. The molecule has 0 aromatic carbocycles. The highest BCUT2D eigenvalue weighted by atomic mass is 16.6. The molecular weight excluding hydrogens is 685 g/mol. The van der Waals surface area contributed by atoms with Crippen LogP contribution in [0.4, 0.5) is 0 Å². The zero-order chi connectivity index (χ0) is 40.1. The summed E-state index contributed by atoms with van der Waals surface area (Å²) in [6.07, 6.45) is 48.6. The van der Waals surface area contributed by atoms with Gasteiger partial charge >= 0.3 is 17.9 Å². The van der Waals surface area contributed by atoms with Crippen molar-refractivity contribution in [1.82, 2.24) is 0 Å².